The highest BCUT2D eigenvalue weighted by atomic mass is 35.5. The molecule has 6 N–H and O–H groups in total. The number of pyridine rings is 6. The van der Waals surface area contributed by atoms with E-state index in [1.807, 2.05) is 90.9 Å². The molecule has 0 saturated carbocycles. The number of hydrogen-bond acceptors (Lipinski definition) is 18. The Morgan fingerprint density at radius 2 is 0.667 bits per heavy atom. The summed E-state index contributed by atoms with van der Waals surface area (Å²) in [7, 11) is 0. The Labute approximate surface area is 706 Å². The first-order chi connectivity index (χ1) is 56.8. The molecule has 0 bridgehead atoms. The molecule has 21 nitrogen and oxygen atoms in total. The summed E-state index contributed by atoms with van der Waals surface area (Å²) >= 11 is 29.9. The minimum Gasteiger partial charge on any atom is -0.397 e. The van der Waals surface area contributed by atoms with Crippen molar-refractivity contribution in [3.63, 3.8) is 0 Å². The summed E-state index contributed by atoms with van der Waals surface area (Å²) in [5.41, 5.74) is 14.4. The van der Waals surface area contributed by atoms with E-state index in [1.165, 1.54) is 19.8 Å². The highest BCUT2D eigenvalue weighted by Gasteiger charge is 2.36. The van der Waals surface area contributed by atoms with Crippen molar-refractivity contribution in [1.29, 1.82) is 0 Å². The number of rotatable bonds is 12. The van der Waals surface area contributed by atoms with E-state index < -0.39 is 151 Å². The van der Waals surface area contributed by atoms with E-state index in [0.29, 0.717) is 70.5 Å². The Morgan fingerprint density at radius 1 is 0.367 bits per heavy atom. The van der Waals surface area contributed by atoms with Gasteiger partial charge in [0.2, 0.25) is 0 Å². The molecule has 3 saturated heterocycles. The first-order valence-corrected chi connectivity index (χ1v) is 40.6. The smallest absolute Gasteiger partial charge is 0.355 e. The lowest BCUT2D eigenvalue weighted by Crippen LogP contribution is -2.40. The molecular formula is C84H81Cl5F10N18O3. The Hall–Kier alpha value is -10.5. The summed E-state index contributed by atoms with van der Waals surface area (Å²) < 4.78 is 154. The van der Waals surface area contributed by atoms with E-state index >= 15 is 22.0 Å². The number of aryl methyl sites for hydroxylation is 3. The number of fused-ring (bicyclic) bond motifs is 3. The van der Waals surface area contributed by atoms with Gasteiger partial charge in [0.25, 0.3) is 0 Å². The largest absolute Gasteiger partial charge is 0.397 e. The second-order valence-electron chi connectivity index (χ2n) is 31.0. The monoisotopic (exact) mass is 1750 g/mol. The predicted molar refractivity (Wildman–Crippen MR) is 451 cm³/mol. The molecule has 12 aromatic rings. The molecule has 12 heterocycles. The number of aromatic nitrogens is 12. The second kappa shape index (κ2) is 34.6. The molecule has 0 spiro atoms. The number of hydrogen-bond donors (Lipinski definition) is 3. The van der Waals surface area contributed by atoms with Crippen molar-refractivity contribution in [2.75, 3.05) is 51.5 Å². The topological polar surface area (TPSA) is 270 Å². The summed E-state index contributed by atoms with van der Waals surface area (Å²) in [5, 5.41) is -3.40. The predicted octanol–water partition coefficient (Wildman–Crippen LogP) is 20.4. The molecule has 3 aliphatic rings. The van der Waals surface area contributed by atoms with Crippen LogP contribution in [0, 0.1) is 78.9 Å². The number of halogens is 15. The summed E-state index contributed by atoms with van der Waals surface area (Å²) in [6.45, 7) is 24.7. The average molecular weight is 1760 g/mol. The lowest BCUT2D eigenvalue weighted by Gasteiger charge is -2.35. The fraction of sp³-hybridized carbons (Fsp3) is 0.357. The van der Waals surface area contributed by atoms with Gasteiger partial charge in [-0.05, 0) is 170 Å². The highest BCUT2D eigenvalue weighted by Crippen LogP contribution is 2.47. The van der Waals surface area contributed by atoms with Crippen molar-refractivity contribution in [1.82, 2.24) is 58.6 Å². The Balaban J connectivity index is 0.000000156. The van der Waals surface area contributed by atoms with E-state index in [0.717, 1.165) is 69.9 Å². The highest BCUT2D eigenvalue weighted by molar-refractivity contribution is 6.41. The number of nitrogen functional groups attached to an aromatic ring is 3. The van der Waals surface area contributed by atoms with Gasteiger partial charge in [-0.25, -0.2) is 86.9 Å². The molecule has 36 heteroatoms. The Morgan fingerprint density at radius 3 is 0.992 bits per heavy atom. The van der Waals surface area contributed by atoms with Crippen LogP contribution in [0.25, 0.3) is 83.9 Å². The summed E-state index contributed by atoms with van der Waals surface area (Å²) in [5.74, 6) is -12.8. The summed E-state index contributed by atoms with van der Waals surface area (Å²) in [6.07, 6.45) is 13.1. The van der Waals surface area contributed by atoms with Gasteiger partial charge in [-0.2, -0.15) is 15.0 Å². The van der Waals surface area contributed by atoms with Gasteiger partial charge < -0.3 is 31.9 Å². The van der Waals surface area contributed by atoms with Crippen LogP contribution in [0.15, 0.2) is 69.4 Å². The van der Waals surface area contributed by atoms with E-state index in [2.05, 4.69) is 44.9 Å². The van der Waals surface area contributed by atoms with Crippen LogP contribution in [0.3, 0.4) is 0 Å². The third-order valence-corrected chi connectivity index (χ3v) is 23.8. The molecule has 3 aromatic carbocycles. The maximum atomic E-state index is 15.9. The number of anilines is 6. The van der Waals surface area contributed by atoms with Crippen molar-refractivity contribution >= 4 is 126 Å². The zero-order valence-electron chi connectivity index (χ0n) is 67.0. The molecule has 3 fully saturated rings. The minimum atomic E-state index is -1.70. The molecule has 15 rings (SSSR count). The standard InChI is InChI=1S/2C28H27Cl2F3N6O.C28H27ClF4N6O/c1-12(2)23-25(13(3)8-9-35-23)39-27-15(26(37-28(39)40)38-10-6-5-7-14(38)4)11-16(31)24(36-27)17-20(32)18(29)21(33)19(30)22(17)34;1-12(2)23-25(13(3)8-9-35-23)39-27-15(26(37-28(39)40)38-10-6-5-7-14(38)4)11-16(31)24(36-27)17-18(29)20(32)21(33)22(34)19(17)30;1-12(2)23-25(13(3)8-9-35-23)39-27-15(26(37-28(39)40)38-10-6-5-7-14(38)4)11-16(30)24(36-27)17-19(31)18(29)20(32)21(33)22(17)34/h3*8-9,11-12,14H,5-7,10,34H2,1-4H3/t3*14-/m000/s1. The van der Waals surface area contributed by atoms with Crippen molar-refractivity contribution in [2.24, 2.45) is 0 Å². The van der Waals surface area contributed by atoms with E-state index in [1.54, 1.807) is 43.7 Å². The van der Waals surface area contributed by atoms with Crippen LogP contribution in [0.4, 0.5) is 78.4 Å². The lowest BCUT2D eigenvalue weighted by molar-refractivity contribution is 0.481. The van der Waals surface area contributed by atoms with Gasteiger partial charge in [-0.15, -0.1) is 0 Å². The van der Waals surface area contributed by atoms with Crippen molar-refractivity contribution in [2.45, 2.75) is 177 Å². The Bertz CT molecular complexity index is 5690. The van der Waals surface area contributed by atoms with Crippen LogP contribution in [0.2, 0.25) is 25.1 Å². The number of benzene rings is 3. The van der Waals surface area contributed by atoms with Crippen LogP contribution in [-0.4, -0.2) is 96.3 Å². The Kier molecular flexibility index (Phi) is 25.2. The number of nitrogens with two attached hydrogens (primary N) is 3. The zero-order chi connectivity index (χ0) is 87.1. The molecule has 0 amide bonds. The third kappa shape index (κ3) is 15.5. The van der Waals surface area contributed by atoms with Crippen molar-refractivity contribution in [3.8, 4) is 50.8 Å². The summed E-state index contributed by atoms with van der Waals surface area (Å²) in [4.78, 5) is 87.3. The lowest BCUT2D eigenvalue weighted by atomic mass is 10.0. The second-order valence-corrected chi connectivity index (χ2v) is 32.9. The third-order valence-electron chi connectivity index (χ3n) is 22.0. The first-order valence-electron chi connectivity index (χ1n) is 38.7. The molecule has 0 unspecified atom stereocenters. The van der Waals surface area contributed by atoms with Gasteiger partial charge in [0.1, 0.15) is 55.4 Å². The van der Waals surface area contributed by atoms with Crippen LogP contribution in [-0.2, 0) is 0 Å². The number of piperidine rings is 3. The van der Waals surface area contributed by atoms with Gasteiger partial charge in [0.05, 0.1) is 88.5 Å². The minimum absolute atomic E-state index is 0.00637. The van der Waals surface area contributed by atoms with Crippen LogP contribution < -0.4 is 49.0 Å². The summed E-state index contributed by atoms with van der Waals surface area (Å²) in [6, 6.07) is 8.65. The van der Waals surface area contributed by atoms with E-state index in [9.17, 15) is 36.3 Å². The molecule has 630 valence electrons. The quantitative estimate of drug-likeness (QED) is 0.0444. The SMILES string of the molecule is Cc1ccnc(C(C)C)c1-n1c(=O)nc(N2CCCC[C@@H]2C)c2cc(F)c(-c3c(Cl)c(N)c(F)c(F)c3Cl)nc21.Cc1ccnc(C(C)C)c1-n1c(=O)nc(N2CCCC[C@@H]2C)c2cc(F)c(-c3c(N)c(Cl)c(F)c(Cl)c3F)nc21.Cc1ccnc(C(C)C)c1-n1c(=O)nc(N2CCCC[C@@H]2C)c2cc(F)c(-c3c(N)c(F)c(F)c(Cl)c3F)nc21. The fourth-order valence-corrected chi connectivity index (χ4v) is 17.0. The molecule has 3 aliphatic heterocycles. The first kappa shape index (κ1) is 87.4. The number of nitrogens with zero attached hydrogens (tertiary/aromatic N) is 15. The molecular weight excluding hydrogens is 1680 g/mol. The fourth-order valence-electron chi connectivity index (χ4n) is 15.8. The average Bonchev–Trinajstić information content (AvgIpc) is 0.737. The maximum Gasteiger partial charge on any atom is 0.355 e. The molecule has 120 heavy (non-hydrogen) atoms. The van der Waals surface area contributed by atoms with E-state index in [-0.39, 0.29) is 86.4 Å². The zero-order valence-corrected chi connectivity index (χ0v) is 70.8. The normalized spacial score (nSPS) is 15.8. The van der Waals surface area contributed by atoms with Crippen LogP contribution in [0.1, 0.15) is 172 Å². The maximum absolute atomic E-state index is 15.9. The molecule has 3 atom stereocenters. The van der Waals surface area contributed by atoms with Gasteiger partial charge in [-0.1, -0.05) is 99.5 Å². The van der Waals surface area contributed by atoms with Crippen molar-refractivity contribution < 1.29 is 43.9 Å². The van der Waals surface area contributed by atoms with E-state index in [4.69, 9.17) is 75.2 Å². The van der Waals surface area contributed by atoms with Gasteiger partial charge >= 0.3 is 17.1 Å². The van der Waals surface area contributed by atoms with Gasteiger partial charge in [-0.3, -0.25) is 15.0 Å². The van der Waals surface area contributed by atoms with Crippen molar-refractivity contribution in [3.05, 3.63) is 203 Å². The molecule has 9 aromatic heterocycles. The van der Waals surface area contributed by atoms with Crippen LogP contribution >= 0.6 is 58.0 Å². The van der Waals surface area contributed by atoms with Gasteiger partial charge in [0, 0.05) is 61.9 Å². The van der Waals surface area contributed by atoms with Crippen LogP contribution in [0.5, 0.6) is 0 Å². The van der Waals surface area contributed by atoms with Gasteiger partial charge in [0.15, 0.2) is 69.3 Å². The molecule has 0 radical (unpaired) electrons. The molecule has 0 aliphatic carbocycles.